The Kier molecular flexibility index (Phi) is 6.08. The zero-order chi connectivity index (χ0) is 11.8. The van der Waals surface area contributed by atoms with Gasteiger partial charge in [0, 0.05) is 20.2 Å². The minimum absolute atomic E-state index is 0.148. The van der Waals surface area contributed by atoms with E-state index in [-0.39, 0.29) is 5.02 Å². The lowest BCUT2D eigenvalue weighted by Gasteiger charge is -1.99. The maximum atomic E-state index is 12.8. The summed E-state index contributed by atoms with van der Waals surface area (Å²) in [6.45, 7) is 2.25. The summed E-state index contributed by atoms with van der Waals surface area (Å²) in [4.78, 5) is 0. The molecule has 1 aromatic carbocycles. The van der Waals surface area contributed by atoms with Crippen LogP contribution in [-0.2, 0) is 4.74 Å². The highest BCUT2D eigenvalue weighted by Gasteiger charge is 1.97. The van der Waals surface area contributed by atoms with Crippen LogP contribution >= 0.6 is 11.6 Å². The highest BCUT2D eigenvalue weighted by atomic mass is 35.5. The summed E-state index contributed by atoms with van der Waals surface area (Å²) in [5.74, 6) is -0.392. The van der Waals surface area contributed by atoms with Crippen LogP contribution in [0.25, 0.3) is 6.08 Å². The van der Waals surface area contributed by atoms with Crippen LogP contribution in [0.5, 0.6) is 0 Å². The Morgan fingerprint density at radius 2 is 2.31 bits per heavy atom. The molecular formula is C12H15ClFNO. The van der Waals surface area contributed by atoms with Crippen molar-refractivity contribution in [3.63, 3.8) is 0 Å². The van der Waals surface area contributed by atoms with Gasteiger partial charge in [-0.05, 0) is 17.7 Å². The van der Waals surface area contributed by atoms with Gasteiger partial charge in [0.2, 0.25) is 0 Å². The van der Waals surface area contributed by atoms with Gasteiger partial charge in [0.05, 0.1) is 11.6 Å². The van der Waals surface area contributed by atoms with E-state index in [9.17, 15) is 4.39 Å². The van der Waals surface area contributed by atoms with Crippen LogP contribution in [0.1, 0.15) is 5.56 Å². The van der Waals surface area contributed by atoms with Gasteiger partial charge in [0.1, 0.15) is 5.82 Å². The summed E-state index contributed by atoms with van der Waals surface area (Å²) >= 11 is 5.65. The Morgan fingerprint density at radius 3 is 3.00 bits per heavy atom. The van der Waals surface area contributed by atoms with Crippen molar-refractivity contribution < 1.29 is 9.13 Å². The summed E-state index contributed by atoms with van der Waals surface area (Å²) in [7, 11) is 1.66. The average molecular weight is 244 g/mol. The monoisotopic (exact) mass is 243 g/mol. The Hall–Kier alpha value is -0.900. The van der Waals surface area contributed by atoms with Crippen molar-refractivity contribution in [2.75, 3.05) is 26.8 Å². The molecule has 1 N–H and O–H groups in total. The third kappa shape index (κ3) is 4.75. The van der Waals surface area contributed by atoms with E-state index in [2.05, 4.69) is 5.32 Å². The van der Waals surface area contributed by atoms with Crippen molar-refractivity contribution in [1.29, 1.82) is 0 Å². The van der Waals surface area contributed by atoms with Crippen LogP contribution in [0.15, 0.2) is 24.3 Å². The minimum Gasteiger partial charge on any atom is -0.383 e. The van der Waals surface area contributed by atoms with E-state index < -0.39 is 5.82 Å². The SMILES string of the molecule is COCCNC/C=C/c1ccc(F)c(Cl)c1. The molecule has 0 aliphatic carbocycles. The molecule has 0 saturated heterocycles. The first kappa shape index (κ1) is 13.2. The Balaban J connectivity index is 2.35. The molecule has 0 fully saturated rings. The minimum atomic E-state index is -0.392. The second kappa shape index (κ2) is 7.39. The molecule has 1 rings (SSSR count). The Labute approximate surface area is 100 Å². The number of ether oxygens (including phenoxy) is 1. The number of hydrogen-bond donors (Lipinski definition) is 1. The first-order valence-electron chi connectivity index (χ1n) is 5.05. The van der Waals surface area contributed by atoms with E-state index >= 15 is 0 Å². The van der Waals surface area contributed by atoms with E-state index in [0.29, 0.717) is 6.61 Å². The first-order chi connectivity index (χ1) is 7.74. The first-order valence-corrected chi connectivity index (χ1v) is 5.43. The molecule has 1 aromatic rings. The van der Waals surface area contributed by atoms with Gasteiger partial charge in [-0.1, -0.05) is 29.8 Å². The smallest absolute Gasteiger partial charge is 0.141 e. The fourth-order valence-electron chi connectivity index (χ4n) is 1.17. The van der Waals surface area contributed by atoms with Crippen LogP contribution in [0.3, 0.4) is 0 Å². The van der Waals surface area contributed by atoms with Gasteiger partial charge >= 0.3 is 0 Å². The lowest BCUT2D eigenvalue weighted by atomic mass is 10.2. The molecule has 16 heavy (non-hydrogen) atoms. The van der Waals surface area contributed by atoms with Gasteiger partial charge in [-0.15, -0.1) is 0 Å². The molecule has 4 heteroatoms. The topological polar surface area (TPSA) is 21.3 Å². The van der Waals surface area contributed by atoms with E-state index in [0.717, 1.165) is 18.7 Å². The molecule has 0 unspecified atom stereocenters. The number of hydrogen-bond acceptors (Lipinski definition) is 2. The molecule has 0 spiro atoms. The molecule has 0 aliphatic rings. The quantitative estimate of drug-likeness (QED) is 0.776. The number of methoxy groups -OCH3 is 1. The predicted octanol–water partition coefficient (Wildman–Crippen LogP) is 2.73. The standard InChI is InChI=1S/C12H15ClFNO/c1-16-8-7-15-6-2-3-10-4-5-12(14)11(13)9-10/h2-5,9,15H,6-8H2,1H3/b3-2+. The maximum Gasteiger partial charge on any atom is 0.141 e. The zero-order valence-electron chi connectivity index (χ0n) is 9.17. The van der Waals surface area contributed by atoms with Crippen LogP contribution in [0.2, 0.25) is 5.02 Å². The molecule has 88 valence electrons. The normalized spacial score (nSPS) is 11.2. The van der Waals surface area contributed by atoms with Gasteiger partial charge < -0.3 is 10.1 Å². The van der Waals surface area contributed by atoms with Crippen LogP contribution in [-0.4, -0.2) is 26.8 Å². The Bertz CT molecular complexity index is 355. The molecule has 2 nitrogen and oxygen atoms in total. The van der Waals surface area contributed by atoms with Crippen LogP contribution in [0.4, 0.5) is 4.39 Å². The molecule has 0 amide bonds. The lowest BCUT2D eigenvalue weighted by molar-refractivity contribution is 0.200. The summed E-state index contributed by atoms with van der Waals surface area (Å²) < 4.78 is 17.7. The zero-order valence-corrected chi connectivity index (χ0v) is 9.93. The predicted molar refractivity (Wildman–Crippen MR) is 65.2 cm³/mol. The van der Waals surface area contributed by atoms with E-state index in [1.807, 2.05) is 12.2 Å². The third-order valence-corrected chi connectivity index (χ3v) is 2.29. The van der Waals surface area contributed by atoms with Gasteiger partial charge in [0.15, 0.2) is 0 Å². The molecule has 0 aliphatic heterocycles. The second-order valence-corrected chi connectivity index (χ2v) is 3.68. The molecule has 0 heterocycles. The molecule has 0 bridgehead atoms. The highest BCUT2D eigenvalue weighted by Crippen LogP contribution is 2.16. The van der Waals surface area contributed by atoms with Gasteiger partial charge in [-0.25, -0.2) is 4.39 Å². The fourth-order valence-corrected chi connectivity index (χ4v) is 1.36. The van der Waals surface area contributed by atoms with Crippen molar-refractivity contribution in [1.82, 2.24) is 5.32 Å². The third-order valence-electron chi connectivity index (χ3n) is 2.00. The summed E-state index contributed by atoms with van der Waals surface area (Å²) in [6.07, 6.45) is 3.85. The van der Waals surface area contributed by atoms with Crippen molar-refractivity contribution in [2.24, 2.45) is 0 Å². The second-order valence-electron chi connectivity index (χ2n) is 3.27. The lowest BCUT2D eigenvalue weighted by Crippen LogP contribution is -2.18. The van der Waals surface area contributed by atoms with E-state index in [4.69, 9.17) is 16.3 Å². The molecule has 0 radical (unpaired) electrons. The van der Waals surface area contributed by atoms with Crippen LogP contribution in [0, 0.1) is 5.82 Å². The number of benzene rings is 1. The highest BCUT2D eigenvalue weighted by molar-refractivity contribution is 6.30. The molecular weight excluding hydrogens is 229 g/mol. The van der Waals surface area contributed by atoms with Crippen molar-refractivity contribution >= 4 is 17.7 Å². The maximum absolute atomic E-state index is 12.8. The summed E-state index contributed by atoms with van der Waals surface area (Å²) in [5.41, 5.74) is 0.889. The van der Waals surface area contributed by atoms with Gasteiger partial charge in [0.25, 0.3) is 0 Å². The average Bonchev–Trinajstić information content (AvgIpc) is 2.28. The molecule has 0 saturated carbocycles. The number of nitrogens with one attached hydrogen (secondary N) is 1. The number of halogens is 2. The van der Waals surface area contributed by atoms with Crippen molar-refractivity contribution in [3.05, 3.63) is 40.7 Å². The summed E-state index contributed by atoms with van der Waals surface area (Å²) in [6, 6.07) is 4.65. The summed E-state index contributed by atoms with van der Waals surface area (Å²) in [5, 5.41) is 3.31. The molecule has 0 atom stereocenters. The number of rotatable bonds is 6. The fraction of sp³-hybridized carbons (Fsp3) is 0.333. The van der Waals surface area contributed by atoms with Gasteiger partial charge in [-0.2, -0.15) is 0 Å². The van der Waals surface area contributed by atoms with E-state index in [1.165, 1.54) is 6.07 Å². The molecule has 0 aromatic heterocycles. The van der Waals surface area contributed by atoms with Gasteiger partial charge in [-0.3, -0.25) is 0 Å². The van der Waals surface area contributed by atoms with E-state index in [1.54, 1.807) is 19.2 Å². The van der Waals surface area contributed by atoms with Crippen molar-refractivity contribution in [3.8, 4) is 0 Å². The van der Waals surface area contributed by atoms with Crippen LogP contribution < -0.4 is 5.32 Å². The Morgan fingerprint density at radius 1 is 1.50 bits per heavy atom. The van der Waals surface area contributed by atoms with Crippen molar-refractivity contribution in [2.45, 2.75) is 0 Å². The largest absolute Gasteiger partial charge is 0.383 e.